The molecule has 0 N–H and O–H groups in total. The van der Waals surface area contributed by atoms with E-state index in [-0.39, 0.29) is 18.0 Å². The molecule has 1 aromatic rings. The van der Waals surface area contributed by atoms with Crippen LogP contribution in [0.1, 0.15) is 6.42 Å². The lowest BCUT2D eigenvalue weighted by atomic mass is 10.1. The van der Waals surface area contributed by atoms with E-state index in [1.54, 1.807) is 34.9 Å². The van der Waals surface area contributed by atoms with E-state index < -0.39 is 0 Å². The standard InChI is InChI=1S/C13H12Cl2N2O2S/c14-8-3-9(15)5-10(4-8)17-12(18)6-11-7-20-2-1-16(11)13(17)19/h3-5,11H,1-2,6-7H2. The highest BCUT2D eigenvalue weighted by atomic mass is 35.5. The van der Waals surface area contributed by atoms with Gasteiger partial charge < -0.3 is 4.90 Å². The summed E-state index contributed by atoms with van der Waals surface area (Å²) in [6.45, 7) is 0.673. The molecule has 3 rings (SSSR count). The van der Waals surface area contributed by atoms with E-state index >= 15 is 0 Å². The van der Waals surface area contributed by atoms with Gasteiger partial charge in [-0.15, -0.1) is 0 Å². The van der Waals surface area contributed by atoms with Crippen molar-refractivity contribution in [2.45, 2.75) is 12.5 Å². The minimum absolute atomic E-state index is 0.0136. The van der Waals surface area contributed by atoms with E-state index in [2.05, 4.69) is 0 Å². The monoisotopic (exact) mass is 330 g/mol. The van der Waals surface area contributed by atoms with Crippen molar-refractivity contribution in [3.05, 3.63) is 28.2 Å². The summed E-state index contributed by atoms with van der Waals surface area (Å²) in [6.07, 6.45) is 0.350. The number of imide groups is 1. The molecule has 2 fully saturated rings. The van der Waals surface area contributed by atoms with E-state index in [0.717, 1.165) is 11.5 Å². The molecule has 0 spiro atoms. The number of thioether (sulfide) groups is 1. The Balaban J connectivity index is 1.95. The molecule has 7 heteroatoms. The summed E-state index contributed by atoms with van der Waals surface area (Å²) < 4.78 is 0. The molecule has 4 nitrogen and oxygen atoms in total. The third-order valence-electron chi connectivity index (χ3n) is 3.43. The molecule has 0 saturated carbocycles. The normalized spacial score (nSPS) is 23.0. The Bertz CT molecular complexity index is 561. The number of halogens is 2. The van der Waals surface area contributed by atoms with Crippen molar-refractivity contribution in [2.24, 2.45) is 0 Å². The minimum Gasteiger partial charge on any atom is -0.319 e. The van der Waals surface area contributed by atoms with Crippen LogP contribution in [0, 0.1) is 0 Å². The number of urea groups is 1. The maximum Gasteiger partial charge on any atom is 0.331 e. The maximum atomic E-state index is 12.5. The lowest BCUT2D eigenvalue weighted by molar-refractivity contribution is -0.120. The Kier molecular flexibility index (Phi) is 3.84. The molecule has 2 heterocycles. The van der Waals surface area contributed by atoms with Crippen LogP contribution in [0.15, 0.2) is 18.2 Å². The average molecular weight is 331 g/mol. The first-order chi connectivity index (χ1) is 9.56. The number of amides is 3. The van der Waals surface area contributed by atoms with Gasteiger partial charge in [-0.1, -0.05) is 23.2 Å². The van der Waals surface area contributed by atoms with Gasteiger partial charge in [-0.05, 0) is 18.2 Å². The largest absolute Gasteiger partial charge is 0.331 e. The zero-order chi connectivity index (χ0) is 14.3. The van der Waals surface area contributed by atoms with Crippen LogP contribution in [0.3, 0.4) is 0 Å². The highest BCUT2D eigenvalue weighted by Gasteiger charge is 2.40. The SMILES string of the molecule is O=C1CC2CSCCN2C(=O)N1c1cc(Cl)cc(Cl)c1. The second-order valence-corrected chi connectivity index (χ2v) is 6.79. The lowest BCUT2D eigenvalue weighted by Gasteiger charge is -2.42. The van der Waals surface area contributed by atoms with Crippen molar-refractivity contribution in [3.8, 4) is 0 Å². The van der Waals surface area contributed by atoms with Crippen molar-refractivity contribution in [2.75, 3.05) is 23.0 Å². The predicted octanol–water partition coefficient (Wildman–Crippen LogP) is 3.27. The molecule has 0 aliphatic carbocycles. The number of rotatable bonds is 1. The van der Waals surface area contributed by atoms with E-state index in [4.69, 9.17) is 23.2 Å². The molecule has 1 atom stereocenters. The highest BCUT2D eigenvalue weighted by Crippen LogP contribution is 2.31. The van der Waals surface area contributed by atoms with Crippen LogP contribution in [0.4, 0.5) is 10.5 Å². The summed E-state index contributed by atoms with van der Waals surface area (Å²) in [5.41, 5.74) is 0.439. The molecule has 0 radical (unpaired) electrons. The van der Waals surface area contributed by atoms with E-state index in [1.165, 1.54) is 4.90 Å². The van der Waals surface area contributed by atoms with Crippen molar-refractivity contribution in [3.63, 3.8) is 0 Å². The minimum atomic E-state index is -0.273. The summed E-state index contributed by atoms with van der Waals surface area (Å²) in [5, 5.41) is 0.814. The Morgan fingerprint density at radius 1 is 1.15 bits per heavy atom. The maximum absolute atomic E-state index is 12.5. The number of anilines is 1. The van der Waals surface area contributed by atoms with Crippen molar-refractivity contribution < 1.29 is 9.59 Å². The number of carbonyl (C=O) groups excluding carboxylic acids is 2. The molecule has 3 amide bonds. The fourth-order valence-electron chi connectivity index (χ4n) is 2.53. The summed E-state index contributed by atoms with van der Waals surface area (Å²) >= 11 is 13.7. The van der Waals surface area contributed by atoms with Gasteiger partial charge in [-0.25, -0.2) is 9.69 Å². The van der Waals surface area contributed by atoms with Gasteiger partial charge in [-0.2, -0.15) is 11.8 Å². The van der Waals surface area contributed by atoms with E-state index in [9.17, 15) is 9.59 Å². The van der Waals surface area contributed by atoms with Gasteiger partial charge in [0, 0.05) is 34.5 Å². The Hall–Kier alpha value is -0.910. The zero-order valence-corrected chi connectivity index (χ0v) is 12.8. The van der Waals surface area contributed by atoms with Crippen LogP contribution >= 0.6 is 35.0 Å². The predicted molar refractivity (Wildman–Crippen MR) is 81.8 cm³/mol. The first kappa shape index (κ1) is 14.0. The summed E-state index contributed by atoms with van der Waals surface area (Å²) in [5.74, 6) is 1.53. The van der Waals surface area contributed by atoms with Crippen LogP contribution < -0.4 is 4.90 Å². The van der Waals surface area contributed by atoms with Crippen LogP contribution in [0.5, 0.6) is 0 Å². The number of fused-ring (bicyclic) bond motifs is 1. The smallest absolute Gasteiger partial charge is 0.319 e. The summed E-state index contributed by atoms with van der Waals surface area (Å²) in [6, 6.07) is 4.49. The molecular weight excluding hydrogens is 319 g/mol. The molecule has 2 saturated heterocycles. The van der Waals surface area contributed by atoms with Crippen LogP contribution in [0.2, 0.25) is 10.0 Å². The van der Waals surface area contributed by atoms with Gasteiger partial charge in [0.1, 0.15) is 0 Å². The molecule has 0 aromatic heterocycles. The lowest BCUT2D eigenvalue weighted by Crippen LogP contribution is -2.59. The van der Waals surface area contributed by atoms with Gasteiger partial charge in [0.25, 0.3) is 0 Å². The molecule has 2 aliphatic heterocycles. The van der Waals surface area contributed by atoms with Gasteiger partial charge >= 0.3 is 6.03 Å². The molecule has 0 bridgehead atoms. The molecule has 1 unspecified atom stereocenters. The quantitative estimate of drug-likeness (QED) is 0.793. The number of hydrogen-bond donors (Lipinski definition) is 0. The molecule has 106 valence electrons. The number of benzene rings is 1. The fraction of sp³-hybridized carbons (Fsp3) is 0.385. The van der Waals surface area contributed by atoms with Gasteiger partial charge in [0.15, 0.2) is 0 Å². The average Bonchev–Trinajstić information content (AvgIpc) is 2.37. The van der Waals surface area contributed by atoms with Gasteiger partial charge in [0.05, 0.1) is 11.7 Å². The van der Waals surface area contributed by atoms with E-state index in [1.807, 2.05) is 0 Å². The molecule has 1 aromatic carbocycles. The van der Waals surface area contributed by atoms with Gasteiger partial charge in [0.2, 0.25) is 5.91 Å². The summed E-state index contributed by atoms with van der Waals surface area (Å²) in [7, 11) is 0. The van der Waals surface area contributed by atoms with Gasteiger partial charge in [-0.3, -0.25) is 4.79 Å². The third-order valence-corrected chi connectivity index (χ3v) is 4.96. The van der Waals surface area contributed by atoms with Crippen LogP contribution in [-0.2, 0) is 4.79 Å². The number of hydrogen-bond acceptors (Lipinski definition) is 3. The third kappa shape index (κ3) is 2.50. The summed E-state index contributed by atoms with van der Waals surface area (Å²) in [4.78, 5) is 27.7. The Labute approximate surface area is 131 Å². The molecular formula is C13H12Cl2N2O2S. The first-order valence-electron chi connectivity index (χ1n) is 6.23. The van der Waals surface area contributed by atoms with Crippen LogP contribution in [-0.4, -0.2) is 40.9 Å². The topological polar surface area (TPSA) is 40.6 Å². The van der Waals surface area contributed by atoms with E-state index in [0.29, 0.717) is 28.7 Å². The molecule has 20 heavy (non-hydrogen) atoms. The second-order valence-electron chi connectivity index (χ2n) is 4.77. The molecule has 2 aliphatic rings. The number of carbonyl (C=O) groups is 2. The van der Waals surface area contributed by atoms with Crippen LogP contribution in [0.25, 0.3) is 0 Å². The van der Waals surface area contributed by atoms with Crippen molar-refractivity contribution in [1.82, 2.24) is 4.90 Å². The van der Waals surface area contributed by atoms with Crippen molar-refractivity contribution in [1.29, 1.82) is 0 Å². The Morgan fingerprint density at radius 2 is 1.85 bits per heavy atom. The highest BCUT2D eigenvalue weighted by molar-refractivity contribution is 7.99. The fourth-order valence-corrected chi connectivity index (χ4v) is 4.10. The second kappa shape index (κ2) is 5.47. The first-order valence-corrected chi connectivity index (χ1v) is 8.15. The zero-order valence-electron chi connectivity index (χ0n) is 10.5. The Morgan fingerprint density at radius 3 is 2.55 bits per heavy atom. The van der Waals surface area contributed by atoms with Crippen molar-refractivity contribution >= 4 is 52.6 Å². The number of nitrogens with zero attached hydrogens (tertiary/aromatic N) is 2.